The molecular formula is C13H17BrClF. The van der Waals surface area contributed by atoms with E-state index >= 15 is 0 Å². The molecule has 1 rings (SSSR count). The second-order valence-electron chi connectivity index (χ2n) is 4.50. The van der Waals surface area contributed by atoms with Crippen molar-refractivity contribution in [3.63, 3.8) is 0 Å². The van der Waals surface area contributed by atoms with Gasteiger partial charge in [0.1, 0.15) is 5.82 Å². The van der Waals surface area contributed by atoms with Gasteiger partial charge in [-0.05, 0) is 48.9 Å². The van der Waals surface area contributed by atoms with Gasteiger partial charge in [0.25, 0.3) is 0 Å². The highest BCUT2D eigenvalue weighted by atomic mass is 79.9. The molecule has 0 radical (unpaired) electrons. The second-order valence-corrected chi connectivity index (χ2v) is 6.03. The Hall–Kier alpha value is -0.0800. The Morgan fingerprint density at radius 1 is 1.38 bits per heavy atom. The van der Waals surface area contributed by atoms with Gasteiger partial charge in [-0.1, -0.05) is 29.8 Å². The van der Waals surface area contributed by atoms with Crippen LogP contribution in [0.5, 0.6) is 0 Å². The monoisotopic (exact) mass is 306 g/mol. The highest BCUT2D eigenvalue weighted by Gasteiger charge is 2.09. The lowest BCUT2D eigenvalue weighted by Gasteiger charge is -2.12. The van der Waals surface area contributed by atoms with Crippen molar-refractivity contribution in [3.8, 4) is 0 Å². The van der Waals surface area contributed by atoms with Gasteiger partial charge in [-0.3, -0.25) is 0 Å². The zero-order valence-electron chi connectivity index (χ0n) is 9.64. The van der Waals surface area contributed by atoms with Crippen LogP contribution in [0.3, 0.4) is 0 Å². The van der Waals surface area contributed by atoms with E-state index in [1.54, 1.807) is 6.07 Å². The van der Waals surface area contributed by atoms with E-state index in [1.807, 2.05) is 6.07 Å². The van der Waals surface area contributed by atoms with Gasteiger partial charge in [0, 0.05) is 9.85 Å². The molecule has 1 aromatic carbocycles. The number of aryl methyl sites for hydroxylation is 1. The van der Waals surface area contributed by atoms with Crippen LogP contribution in [0.2, 0.25) is 0 Å². The van der Waals surface area contributed by atoms with Crippen molar-refractivity contribution < 1.29 is 4.39 Å². The molecule has 0 fully saturated rings. The molecule has 0 N–H and O–H groups in total. The third-order valence-electron chi connectivity index (χ3n) is 2.46. The molecule has 0 aromatic heterocycles. The van der Waals surface area contributed by atoms with E-state index in [0.717, 1.165) is 22.9 Å². The van der Waals surface area contributed by atoms with E-state index < -0.39 is 0 Å². The van der Waals surface area contributed by atoms with Crippen LogP contribution in [-0.2, 0) is 6.42 Å². The molecule has 0 aliphatic carbocycles. The van der Waals surface area contributed by atoms with Crippen molar-refractivity contribution in [2.24, 2.45) is 5.92 Å². The SMILES string of the molecule is CC(C)CC(Cl)CCc1cc(Br)ccc1F. The van der Waals surface area contributed by atoms with E-state index in [9.17, 15) is 4.39 Å². The first-order valence-corrected chi connectivity index (χ1v) is 6.80. The molecule has 0 amide bonds. The Balaban J connectivity index is 2.51. The first kappa shape index (κ1) is 14.0. The minimum absolute atomic E-state index is 0.137. The van der Waals surface area contributed by atoms with Crippen molar-refractivity contribution in [1.82, 2.24) is 0 Å². The largest absolute Gasteiger partial charge is 0.207 e. The van der Waals surface area contributed by atoms with Crippen molar-refractivity contribution in [2.75, 3.05) is 0 Å². The molecule has 1 unspecified atom stereocenters. The van der Waals surface area contributed by atoms with Gasteiger partial charge < -0.3 is 0 Å². The zero-order chi connectivity index (χ0) is 12.1. The van der Waals surface area contributed by atoms with Crippen LogP contribution in [0.15, 0.2) is 22.7 Å². The molecule has 0 bridgehead atoms. The van der Waals surface area contributed by atoms with E-state index in [0.29, 0.717) is 12.3 Å². The molecule has 1 aromatic rings. The summed E-state index contributed by atoms with van der Waals surface area (Å²) >= 11 is 9.53. The summed E-state index contributed by atoms with van der Waals surface area (Å²) in [4.78, 5) is 0. The Labute approximate surface area is 110 Å². The molecule has 0 saturated carbocycles. The van der Waals surface area contributed by atoms with Crippen molar-refractivity contribution >= 4 is 27.5 Å². The third kappa shape index (κ3) is 4.84. The molecule has 16 heavy (non-hydrogen) atoms. The molecule has 0 saturated heterocycles. The maximum Gasteiger partial charge on any atom is 0.126 e. The average Bonchev–Trinajstić information content (AvgIpc) is 2.18. The lowest BCUT2D eigenvalue weighted by atomic mass is 10.0. The maximum absolute atomic E-state index is 13.4. The van der Waals surface area contributed by atoms with Crippen molar-refractivity contribution in [3.05, 3.63) is 34.1 Å². The Kier molecular flexibility index (Phi) is 5.77. The van der Waals surface area contributed by atoms with Crippen LogP contribution in [0.1, 0.15) is 32.3 Å². The molecular weight excluding hydrogens is 290 g/mol. The number of benzene rings is 1. The molecule has 0 nitrogen and oxygen atoms in total. The first-order valence-electron chi connectivity index (χ1n) is 5.57. The standard InChI is InChI=1S/C13H17BrClF/c1-9(2)7-12(15)5-3-10-8-11(14)4-6-13(10)16/h4,6,8-9,12H,3,5,7H2,1-2H3. The summed E-state index contributed by atoms with van der Waals surface area (Å²) in [5.41, 5.74) is 0.740. The molecule has 0 aliphatic heterocycles. The maximum atomic E-state index is 13.4. The van der Waals surface area contributed by atoms with Gasteiger partial charge in [0.2, 0.25) is 0 Å². The number of hydrogen-bond acceptors (Lipinski definition) is 0. The van der Waals surface area contributed by atoms with E-state index in [4.69, 9.17) is 11.6 Å². The van der Waals surface area contributed by atoms with Crippen LogP contribution in [0.25, 0.3) is 0 Å². The van der Waals surface area contributed by atoms with Crippen LogP contribution < -0.4 is 0 Å². The number of alkyl halides is 1. The van der Waals surface area contributed by atoms with Crippen molar-refractivity contribution in [1.29, 1.82) is 0 Å². The normalized spacial score (nSPS) is 13.1. The summed E-state index contributed by atoms with van der Waals surface area (Å²) < 4.78 is 14.3. The Morgan fingerprint density at radius 2 is 2.06 bits per heavy atom. The summed E-state index contributed by atoms with van der Waals surface area (Å²) in [6.07, 6.45) is 2.51. The van der Waals surface area contributed by atoms with Gasteiger partial charge in [-0.15, -0.1) is 11.6 Å². The topological polar surface area (TPSA) is 0 Å². The lowest BCUT2D eigenvalue weighted by Crippen LogP contribution is -2.05. The fraction of sp³-hybridized carbons (Fsp3) is 0.538. The minimum Gasteiger partial charge on any atom is -0.207 e. The lowest BCUT2D eigenvalue weighted by molar-refractivity contribution is 0.537. The number of hydrogen-bond donors (Lipinski definition) is 0. The highest BCUT2D eigenvalue weighted by molar-refractivity contribution is 9.10. The Bertz CT molecular complexity index is 339. The van der Waals surface area contributed by atoms with Gasteiger partial charge in [-0.25, -0.2) is 4.39 Å². The van der Waals surface area contributed by atoms with E-state index in [2.05, 4.69) is 29.8 Å². The van der Waals surface area contributed by atoms with Gasteiger partial charge >= 0.3 is 0 Å². The molecule has 0 spiro atoms. The van der Waals surface area contributed by atoms with E-state index in [-0.39, 0.29) is 11.2 Å². The number of rotatable bonds is 5. The van der Waals surface area contributed by atoms with Crippen LogP contribution >= 0.6 is 27.5 Å². The van der Waals surface area contributed by atoms with Gasteiger partial charge in [0.15, 0.2) is 0 Å². The quantitative estimate of drug-likeness (QED) is 0.658. The molecule has 90 valence electrons. The molecule has 0 heterocycles. The Morgan fingerprint density at radius 3 is 2.69 bits per heavy atom. The summed E-state index contributed by atoms with van der Waals surface area (Å²) in [6, 6.07) is 5.03. The second kappa shape index (κ2) is 6.61. The van der Waals surface area contributed by atoms with Crippen LogP contribution in [0, 0.1) is 11.7 Å². The minimum atomic E-state index is -0.142. The molecule has 3 heteroatoms. The average molecular weight is 308 g/mol. The number of halogens is 3. The summed E-state index contributed by atoms with van der Waals surface area (Å²) in [6.45, 7) is 4.30. The molecule has 0 aliphatic rings. The van der Waals surface area contributed by atoms with Gasteiger partial charge in [0.05, 0.1) is 0 Å². The third-order valence-corrected chi connectivity index (χ3v) is 3.35. The van der Waals surface area contributed by atoms with E-state index in [1.165, 1.54) is 6.07 Å². The fourth-order valence-corrected chi connectivity index (χ4v) is 2.55. The first-order chi connectivity index (χ1) is 7.49. The summed E-state index contributed by atoms with van der Waals surface area (Å²) in [7, 11) is 0. The summed E-state index contributed by atoms with van der Waals surface area (Å²) in [5.74, 6) is 0.450. The van der Waals surface area contributed by atoms with Crippen molar-refractivity contribution in [2.45, 2.75) is 38.5 Å². The van der Waals surface area contributed by atoms with Crippen LogP contribution in [0.4, 0.5) is 4.39 Å². The molecule has 1 atom stereocenters. The predicted molar refractivity (Wildman–Crippen MR) is 71.5 cm³/mol. The van der Waals surface area contributed by atoms with Gasteiger partial charge in [-0.2, -0.15) is 0 Å². The summed E-state index contributed by atoms with van der Waals surface area (Å²) in [5, 5.41) is 0.137. The predicted octanol–water partition coefficient (Wildman–Crippen LogP) is 5.17. The highest BCUT2D eigenvalue weighted by Crippen LogP contribution is 2.20. The van der Waals surface area contributed by atoms with Crippen LogP contribution in [-0.4, -0.2) is 5.38 Å². The fourth-order valence-electron chi connectivity index (χ4n) is 1.68. The smallest absolute Gasteiger partial charge is 0.126 e. The zero-order valence-corrected chi connectivity index (χ0v) is 12.0.